The summed E-state index contributed by atoms with van der Waals surface area (Å²) in [4.78, 5) is 49.0. The number of carbonyl (C=O) groups is 4. The average Bonchev–Trinajstić information content (AvgIpc) is 2.61. The fraction of sp³-hybridized carbons (Fsp3) is 0.810. The lowest BCUT2D eigenvalue weighted by atomic mass is 9.30. The molecule has 164 valence electrons. The van der Waals surface area contributed by atoms with Gasteiger partial charge in [0.15, 0.2) is 0 Å². The van der Waals surface area contributed by atoms with Gasteiger partial charge in [-0.15, -0.1) is 0 Å². The maximum atomic E-state index is 12.7. The van der Waals surface area contributed by atoms with Crippen LogP contribution in [0.5, 0.6) is 0 Å². The topological polar surface area (TPSA) is 149 Å². The highest BCUT2D eigenvalue weighted by molar-refractivity contribution is 5.91. The highest BCUT2D eigenvalue weighted by Gasteiger charge is 2.80. The molecule has 2 aliphatic rings. The molecule has 0 radical (unpaired) electrons. The quantitative estimate of drug-likeness (QED) is 0.427. The molecule has 0 amide bonds. The van der Waals surface area contributed by atoms with Gasteiger partial charge in [-0.1, -0.05) is 46.5 Å². The number of hydrogen-bond donors (Lipinski definition) is 4. The Labute approximate surface area is 170 Å². The van der Waals surface area contributed by atoms with Crippen LogP contribution < -0.4 is 0 Å². The van der Waals surface area contributed by atoms with Gasteiger partial charge in [0.1, 0.15) is 0 Å². The van der Waals surface area contributed by atoms with Crippen LogP contribution in [0.3, 0.4) is 0 Å². The molecule has 2 aliphatic carbocycles. The number of carboxylic acid groups (broad SMARTS) is 4. The van der Waals surface area contributed by atoms with E-state index >= 15 is 0 Å². The van der Waals surface area contributed by atoms with E-state index in [2.05, 4.69) is 0 Å². The van der Waals surface area contributed by atoms with Crippen molar-refractivity contribution in [3.05, 3.63) is 0 Å². The fourth-order valence-corrected chi connectivity index (χ4v) is 6.61. The van der Waals surface area contributed by atoms with Crippen LogP contribution in [0, 0.1) is 40.4 Å². The van der Waals surface area contributed by atoms with Crippen molar-refractivity contribution in [1.29, 1.82) is 0 Å². The summed E-state index contributed by atoms with van der Waals surface area (Å²) in [6.45, 7) is 5.37. The molecule has 0 aliphatic heterocycles. The van der Waals surface area contributed by atoms with E-state index in [1.165, 1.54) is 0 Å². The highest BCUT2D eigenvalue weighted by Crippen LogP contribution is 2.75. The van der Waals surface area contributed by atoms with Gasteiger partial charge in [0.2, 0.25) is 0 Å². The van der Waals surface area contributed by atoms with E-state index < -0.39 is 64.3 Å². The minimum Gasteiger partial charge on any atom is -0.481 e. The molecule has 7 atom stereocenters. The summed E-state index contributed by atoms with van der Waals surface area (Å²) in [5, 5.41) is 40.0. The standard InChI is InChI=1S/C21H32O8/c1-4-6-8-20(18(26)27)13-10-12(16(22)23)14(17(24)25)11(3)15(13)21(20,19(28)29)9-7-5-2/h11-15H,4-10H2,1-3H3,(H,22,23)(H,24,25)(H,26,27)(H,28,29). The number of unbranched alkanes of at least 4 members (excludes halogenated alkanes) is 2. The van der Waals surface area contributed by atoms with E-state index in [0.29, 0.717) is 25.7 Å². The summed E-state index contributed by atoms with van der Waals surface area (Å²) < 4.78 is 0. The van der Waals surface area contributed by atoms with Crippen molar-refractivity contribution in [2.45, 2.75) is 65.7 Å². The Morgan fingerprint density at radius 3 is 1.69 bits per heavy atom. The Kier molecular flexibility index (Phi) is 6.65. The second-order valence-electron chi connectivity index (χ2n) is 8.80. The van der Waals surface area contributed by atoms with Crippen LogP contribution in [0.4, 0.5) is 0 Å². The highest BCUT2D eigenvalue weighted by atomic mass is 16.4. The molecule has 8 nitrogen and oxygen atoms in total. The normalized spacial score (nSPS) is 38.5. The second kappa shape index (κ2) is 8.32. The van der Waals surface area contributed by atoms with Crippen LogP contribution in [-0.2, 0) is 19.2 Å². The molecule has 0 aromatic rings. The molecular formula is C21H32O8. The van der Waals surface area contributed by atoms with Gasteiger partial charge in [0.25, 0.3) is 0 Å². The predicted octanol–water partition coefficient (Wildman–Crippen LogP) is 3.20. The van der Waals surface area contributed by atoms with Crippen LogP contribution in [0.2, 0.25) is 0 Å². The van der Waals surface area contributed by atoms with Gasteiger partial charge in [0, 0.05) is 0 Å². The molecule has 0 spiro atoms. The summed E-state index contributed by atoms with van der Waals surface area (Å²) in [6, 6.07) is 0. The number of rotatable bonds is 10. The molecule has 0 heterocycles. The van der Waals surface area contributed by atoms with Crippen LogP contribution in [-0.4, -0.2) is 44.3 Å². The number of aliphatic carboxylic acids is 4. The zero-order valence-corrected chi connectivity index (χ0v) is 17.3. The van der Waals surface area contributed by atoms with Crippen molar-refractivity contribution < 1.29 is 39.6 Å². The number of hydrogen-bond acceptors (Lipinski definition) is 4. The maximum absolute atomic E-state index is 12.7. The van der Waals surface area contributed by atoms with E-state index in [0.717, 1.165) is 0 Å². The molecule has 8 heteroatoms. The first-order chi connectivity index (χ1) is 13.5. The Bertz CT molecular complexity index is 688. The van der Waals surface area contributed by atoms with Crippen LogP contribution >= 0.6 is 0 Å². The number of fused-ring (bicyclic) bond motifs is 1. The van der Waals surface area contributed by atoms with Crippen molar-refractivity contribution in [1.82, 2.24) is 0 Å². The minimum atomic E-state index is -1.58. The zero-order valence-electron chi connectivity index (χ0n) is 17.3. The van der Waals surface area contributed by atoms with Crippen LogP contribution in [0.1, 0.15) is 65.7 Å². The monoisotopic (exact) mass is 412 g/mol. The molecule has 2 fully saturated rings. The van der Waals surface area contributed by atoms with E-state index in [1.54, 1.807) is 6.92 Å². The summed E-state index contributed by atoms with van der Waals surface area (Å²) in [7, 11) is 0. The molecule has 0 aromatic heterocycles. The first kappa shape index (κ1) is 23.2. The first-order valence-electron chi connectivity index (χ1n) is 10.5. The molecule has 4 N–H and O–H groups in total. The minimum absolute atomic E-state index is 0.113. The van der Waals surface area contributed by atoms with E-state index in [1.807, 2.05) is 13.8 Å². The van der Waals surface area contributed by atoms with Gasteiger partial charge in [-0.05, 0) is 37.0 Å². The molecule has 0 aromatic carbocycles. The third-order valence-corrected chi connectivity index (χ3v) is 7.72. The molecule has 2 saturated carbocycles. The summed E-state index contributed by atoms with van der Waals surface area (Å²) >= 11 is 0. The van der Waals surface area contributed by atoms with Crippen molar-refractivity contribution in [2.24, 2.45) is 40.4 Å². The molecule has 29 heavy (non-hydrogen) atoms. The Balaban J connectivity index is 2.69. The van der Waals surface area contributed by atoms with Gasteiger partial charge >= 0.3 is 23.9 Å². The Morgan fingerprint density at radius 2 is 1.31 bits per heavy atom. The SMILES string of the molecule is CCCCC1(C(=O)O)C2CC(C(=O)O)C(C(=O)O)C(C)C2C1(CCCC)C(=O)O. The maximum Gasteiger partial charge on any atom is 0.311 e. The lowest BCUT2D eigenvalue weighted by Gasteiger charge is -2.70. The van der Waals surface area contributed by atoms with Gasteiger partial charge < -0.3 is 20.4 Å². The smallest absolute Gasteiger partial charge is 0.311 e. The van der Waals surface area contributed by atoms with Crippen LogP contribution in [0.25, 0.3) is 0 Å². The van der Waals surface area contributed by atoms with Crippen molar-refractivity contribution in [3.63, 3.8) is 0 Å². The van der Waals surface area contributed by atoms with E-state index in [9.17, 15) is 39.6 Å². The Morgan fingerprint density at radius 1 is 0.828 bits per heavy atom. The zero-order chi connectivity index (χ0) is 22.1. The largest absolute Gasteiger partial charge is 0.481 e. The second-order valence-corrected chi connectivity index (χ2v) is 8.80. The van der Waals surface area contributed by atoms with Crippen molar-refractivity contribution >= 4 is 23.9 Å². The molecule has 7 unspecified atom stereocenters. The van der Waals surface area contributed by atoms with Gasteiger partial charge in [-0.25, -0.2) is 0 Å². The van der Waals surface area contributed by atoms with E-state index in [-0.39, 0.29) is 19.3 Å². The number of carboxylic acids is 4. The molecular weight excluding hydrogens is 380 g/mol. The summed E-state index contributed by atoms with van der Waals surface area (Å²) in [5.74, 6) is -9.45. The fourth-order valence-electron chi connectivity index (χ4n) is 6.61. The lowest BCUT2D eigenvalue weighted by Crippen LogP contribution is -2.76. The summed E-state index contributed by atoms with van der Waals surface area (Å²) in [6.07, 6.45) is 2.61. The van der Waals surface area contributed by atoms with Gasteiger partial charge in [-0.2, -0.15) is 0 Å². The molecule has 2 rings (SSSR count). The average molecular weight is 412 g/mol. The first-order valence-corrected chi connectivity index (χ1v) is 10.5. The van der Waals surface area contributed by atoms with Gasteiger partial charge in [0.05, 0.1) is 22.7 Å². The van der Waals surface area contributed by atoms with Crippen LogP contribution in [0.15, 0.2) is 0 Å². The lowest BCUT2D eigenvalue weighted by molar-refractivity contribution is -0.269. The predicted molar refractivity (Wildman–Crippen MR) is 102 cm³/mol. The van der Waals surface area contributed by atoms with Gasteiger partial charge in [-0.3, -0.25) is 19.2 Å². The molecule has 0 saturated heterocycles. The summed E-state index contributed by atoms with van der Waals surface area (Å²) in [5.41, 5.74) is -3.15. The van der Waals surface area contributed by atoms with Crippen molar-refractivity contribution in [2.75, 3.05) is 0 Å². The van der Waals surface area contributed by atoms with E-state index in [4.69, 9.17) is 0 Å². The third-order valence-electron chi connectivity index (χ3n) is 7.72. The molecule has 0 bridgehead atoms. The van der Waals surface area contributed by atoms with Crippen molar-refractivity contribution in [3.8, 4) is 0 Å². The Hall–Kier alpha value is -2.12. The third kappa shape index (κ3) is 3.11.